The number of nitrogens with zero attached hydrogens (tertiary/aromatic N) is 2. The van der Waals surface area contributed by atoms with Gasteiger partial charge in [-0.2, -0.15) is 5.10 Å². The first-order chi connectivity index (χ1) is 10.1. The van der Waals surface area contributed by atoms with Crippen molar-refractivity contribution in [2.45, 2.75) is 6.92 Å². The van der Waals surface area contributed by atoms with Crippen LogP contribution in [-0.2, 0) is 4.79 Å². The Balaban J connectivity index is 1.81. The molecule has 0 atom stereocenters. The van der Waals surface area contributed by atoms with Gasteiger partial charge in [0.25, 0.3) is 5.91 Å². The average Bonchev–Trinajstić information content (AvgIpc) is 2.47. The minimum atomic E-state index is -0.201. The molecule has 0 fully saturated rings. The predicted octanol–water partition coefficient (Wildman–Crippen LogP) is 2.56. The van der Waals surface area contributed by atoms with Crippen molar-refractivity contribution in [3.63, 3.8) is 0 Å². The number of nitrogens with one attached hydrogen (secondary N) is 2. The summed E-state index contributed by atoms with van der Waals surface area (Å²) in [5, 5.41) is 6.97. The van der Waals surface area contributed by atoms with Gasteiger partial charge in [-0.15, -0.1) is 0 Å². The Morgan fingerprint density at radius 3 is 3.00 bits per heavy atom. The van der Waals surface area contributed by atoms with Gasteiger partial charge in [0.2, 0.25) is 0 Å². The SMILES string of the molecule is Cc1cc(I)ccc1NCC(=O)N/N=C/c1cccnc1. The highest BCUT2D eigenvalue weighted by Gasteiger charge is 2.02. The number of carbonyl (C=O) groups excluding carboxylic acids is 1. The summed E-state index contributed by atoms with van der Waals surface area (Å²) in [6.07, 6.45) is 4.91. The van der Waals surface area contributed by atoms with E-state index in [-0.39, 0.29) is 12.5 Å². The zero-order valence-corrected chi connectivity index (χ0v) is 13.7. The van der Waals surface area contributed by atoms with Gasteiger partial charge in [0, 0.05) is 27.2 Å². The molecule has 21 heavy (non-hydrogen) atoms. The van der Waals surface area contributed by atoms with E-state index in [9.17, 15) is 4.79 Å². The van der Waals surface area contributed by atoms with Gasteiger partial charge in [0.1, 0.15) is 0 Å². The second-order valence-electron chi connectivity index (χ2n) is 4.39. The molecule has 0 radical (unpaired) electrons. The van der Waals surface area contributed by atoms with E-state index in [1.54, 1.807) is 18.6 Å². The second kappa shape index (κ2) is 7.72. The number of amides is 1. The number of hydrazone groups is 1. The molecule has 0 saturated carbocycles. The van der Waals surface area contributed by atoms with Gasteiger partial charge in [0.05, 0.1) is 12.8 Å². The van der Waals surface area contributed by atoms with Crippen molar-refractivity contribution in [1.29, 1.82) is 0 Å². The number of hydrogen-bond acceptors (Lipinski definition) is 4. The van der Waals surface area contributed by atoms with E-state index in [0.29, 0.717) is 0 Å². The quantitative estimate of drug-likeness (QED) is 0.466. The Morgan fingerprint density at radius 2 is 2.29 bits per heavy atom. The Hall–Kier alpha value is -1.96. The van der Waals surface area contributed by atoms with Crippen LogP contribution in [0.2, 0.25) is 0 Å². The summed E-state index contributed by atoms with van der Waals surface area (Å²) in [7, 11) is 0. The maximum atomic E-state index is 11.7. The molecule has 6 heteroatoms. The second-order valence-corrected chi connectivity index (χ2v) is 5.64. The van der Waals surface area contributed by atoms with Crippen molar-refractivity contribution < 1.29 is 4.79 Å². The maximum Gasteiger partial charge on any atom is 0.259 e. The zero-order valence-electron chi connectivity index (χ0n) is 11.5. The number of carbonyl (C=O) groups is 1. The minimum Gasteiger partial charge on any atom is -0.376 e. The largest absolute Gasteiger partial charge is 0.376 e. The van der Waals surface area contributed by atoms with Gasteiger partial charge >= 0.3 is 0 Å². The van der Waals surface area contributed by atoms with Crippen LogP contribution in [0, 0.1) is 10.5 Å². The minimum absolute atomic E-state index is 0.172. The monoisotopic (exact) mass is 394 g/mol. The van der Waals surface area contributed by atoms with Crippen LogP contribution in [0.3, 0.4) is 0 Å². The standard InChI is InChI=1S/C15H15IN4O/c1-11-7-13(16)4-5-14(11)18-10-15(21)20-19-9-12-3-2-6-17-8-12/h2-9,18H,10H2,1H3,(H,20,21)/b19-9+. The van der Waals surface area contributed by atoms with Crippen LogP contribution in [0.1, 0.15) is 11.1 Å². The van der Waals surface area contributed by atoms with Crippen molar-refractivity contribution >= 4 is 40.4 Å². The molecule has 1 aromatic heterocycles. The normalized spacial score (nSPS) is 10.6. The van der Waals surface area contributed by atoms with E-state index < -0.39 is 0 Å². The lowest BCUT2D eigenvalue weighted by molar-refractivity contribution is -0.119. The molecule has 0 aliphatic heterocycles. The van der Waals surface area contributed by atoms with E-state index in [1.165, 1.54) is 3.57 Å². The van der Waals surface area contributed by atoms with Crippen LogP contribution in [0.15, 0.2) is 47.8 Å². The summed E-state index contributed by atoms with van der Waals surface area (Å²) in [5.74, 6) is -0.201. The summed E-state index contributed by atoms with van der Waals surface area (Å²) >= 11 is 2.26. The molecular formula is C15H15IN4O. The summed E-state index contributed by atoms with van der Waals surface area (Å²) in [6, 6.07) is 9.68. The lowest BCUT2D eigenvalue weighted by Gasteiger charge is -2.08. The summed E-state index contributed by atoms with van der Waals surface area (Å²) in [5.41, 5.74) is 5.35. The summed E-state index contributed by atoms with van der Waals surface area (Å²) in [6.45, 7) is 2.18. The van der Waals surface area contributed by atoms with Gasteiger partial charge in [-0.1, -0.05) is 6.07 Å². The number of pyridine rings is 1. The third-order valence-electron chi connectivity index (χ3n) is 2.72. The molecule has 0 saturated heterocycles. The Labute approximate surface area is 137 Å². The number of benzene rings is 1. The first kappa shape index (κ1) is 15.4. The van der Waals surface area contributed by atoms with E-state index in [1.807, 2.05) is 31.2 Å². The molecule has 0 spiro atoms. The number of anilines is 1. The average molecular weight is 394 g/mol. The van der Waals surface area contributed by atoms with Crippen LogP contribution in [0.5, 0.6) is 0 Å². The van der Waals surface area contributed by atoms with Crippen molar-refractivity contribution in [2.24, 2.45) is 5.10 Å². The zero-order chi connectivity index (χ0) is 15.1. The molecule has 1 amide bonds. The van der Waals surface area contributed by atoms with Crippen molar-refractivity contribution in [2.75, 3.05) is 11.9 Å². The molecule has 5 nitrogen and oxygen atoms in total. The van der Waals surface area contributed by atoms with Gasteiger partial charge in [0.15, 0.2) is 0 Å². The molecule has 2 rings (SSSR count). The van der Waals surface area contributed by atoms with Gasteiger partial charge in [-0.25, -0.2) is 5.43 Å². The lowest BCUT2D eigenvalue weighted by atomic mass is 10.2. The molecule has 0 aliphatic carbocycles. The van der Waals surface area contributed by atoms with E-state index in [2.05, 4.69) is 49.5 Å². The van der Waals surface area contributed by atoms with E-state index >= 15 is 0 Å². The highest BCUT2D eigenvalue weighted by Crippen LogP contribution is 2.17. The third-order valence-corrected chi connectivity index (χ3v) is 3.39. The molecule has 0 unspecified atom stereocenters. The fourth-order valence-corrected chi connectivity index (χ4v) is 2.32. The summed E-state index contributed by atoms with van der Waals surface area (Å²) < 4.78 is 1.17. The topological polar surface area (TPSA) is 66.4 Å². The van der Waals surface area contributed by atoms with Crippen LogP contribution in [0.4, 0.5) is 5.69 Å². The Bertz CT molecular complexity index is 643. The number of hydrogen-bond donors (Lipinski definition) is 2. The smallest absolute Gasteiger partial charge is 0.259 e. The number of aromatic nitrogens is 1. The fraction of sp³-hybridized carbons (Fsp3) is 0.133. The number of rotatable bonds is 5. The molecule has 1 heterocycles. The van der Waals surface area contributed by atoms with Gasteiger partial charge in [-0.3, -0.25) is 9.78 Å². The lowest BCUT2D eigenvalue weighted by Crippen LogP contribution is -2.26. The van der Waals surface area contributed by atoms with Crippen LogP contribution in [-0.4, -0.2) is 23.7 Å². The van der Waals surface area contributed by atoms with Crippen molar-refractivity contribution in [3.05, 3.63) is 57.4 Å². The van der Waals surface area contributed by atoms with E-state index in [0.717, 1.165) is 16.8 Å². The maximum absolute atomic E-state index is 11.7. The van der Waals surface area contributed by atoms with Gasteiger partial charge in [-0.05, 0) is 59.3 Å². The first-order valence-electron chi connectivity index (χ1n) is 6.37. The van der Waals surface area contributed by atoms with Crippen LogP contribution >= 0.6 is 22.6 Å². The van der Waals surface area contributed by atoms with Crippen LogP contribution < -0.4 is 10.7 Å². The molecule has 0 aliphatic rings. The Morgan fingerprint density at radius 1 is 1.43 bits per heavy atom. The molecule has 1 aromatic carbocycles. The molecule has 108 valence electrons. The van der Waals surface area contributed by atoms with Crippen molar-refractivity contribution in [1.82, 2.24) is 10.4 Å². The molecule has 0 bridgehead atoms. The van der Waals surface area contributed by atoms with Crippen molar-refractivity contribution in [3.8, 4) is 0 Å². The molecule has 2 N–H and O–H groups in total. The fourth-order valence-electron chi connectivity index (χ4n) is 1.67. The Kier molecular flexibility index (Phi) is 5.68. The summed E-state index contributed by atoms with van der Waals surface area (Å²) in [4.78, 5) is 15.6. The first-order valence-corrected chi connectivity index (χ1v) is 7.45. The number of aryl methyl sites for hydroxylation is 1. The van der Waals surface area contributed by atoms with Crippen LogP contribution in [0.25, 0.3) is 0 Å². The number of halogens is 1. The van der Waals surface area contributed by atoms with E-state index in [4.69, 9.17) is 0 Å². The highest BCUT2D eigenvalue weighted by atomic mass is 127. The predicted molar refractivity (Wildman–Crippen MR) is 92.4 cm³/mol. The molecular weight excluding hydrogens is 379 g/mol. The van der Waals surface area contributed by atoms with Gasteiger partial charge < -0.3 is 5.32 Å². The molecule has 2 aromatic rings. The third kappa shape index (κ3) is 5.14. The highest BCUT2D eigenvalue weighted by molar-refractivity contribution is 14.1.